The van der Waals surface area contributed by atoms with Crippen molar-refractivity contribution in [2.75, 3.05) is 37.9 Å². The number of rotatable bonds is 6. The maximum Gasteiger partial charge on any atom is 0.191 e. The normalized spacial score (nSPS) is 17.3. The van der Waals surface area contributed by atoms with E-state index >= 15 is 0 Å². The van der Waals surface area contributed by atoms with Crippen LogP contribution in [0.5, 0.6) is 0 Å². The van der Waals surface area contributed by atoms with Crippen LogP contribution in [0.4, 0.5) is 5.82 Å². The molecule has 156 valence electrons. The molecule has 1 aromatic carbocycles. The SMILES string of the molecule is CN=C(NCc1ccnc(N2CCOC(C)C2)c1)NCc1ccc(C)cc1SC. The fourth-order valence-electron chi connectivity index (χ4n) is 3.35. The molecule has 1 fully saturated rings. The number of pyridine rings is 1. The summed E-state index contributed by atoms with van der Waals surface area (Å²) in [7, 11) is 1.80. The Morgan fingerprint density at radius 2 is 2.10 bits per heavy atom. The van der Waals surface area contributed by atoms with E-state index in [4.69, 9.17) is 4.74 Å². The van der Waals surface area contributed by atoms with Gasteiger partial charge in [0, 0.05) is 44.3 Å². The number of nitrogens with zero attached hydrogens (tertiary/aromatic N) is 3. The summed E-state index contributed by atoms with van der Waals surface area (Å²) in [6, 6.07) is 10.7. The van der Waals surface area contributed by atoms with Gasteiger partial charge in [-0.2, -0.15) is 0 Å². The summed E-state index contributed by atoms with van der Waals surface area (Å²) in [6.45, 7) is 8.16. The van der Waals surface area contributed by atoms with Gasteiger partial charge in [-0.15, -0.1) is 11.8 Å². The molecule has 1 aromatic heterocycles. The first kappa shape index (κ1) is 21.5. The average Bonchev–Trinajstić information content (AvgIpc) is 2.74. The van der Waals surface area contributed by atoms with Crippen LogP contribution in [0, 0.1) is 6.92 Å². The van der Waals surface area contributed by atoms with Crippen molar-refractivity contribution in [3.05, 3.63) is 53.2 Å². The van der Waals surface area contributed by atoms with E-state index in [1.807, 2.05) is 12.3 Å². The Balaban J connectivity index is 1.56. The molecular weight excluding hydrogens is 382 g/mol. The van der Waals surface area contributed by atoms with Gasteiger partial charge in [0.25, 0.3) is 0 Å². The highest BCUT2D eigenvalue weighted by atomic mass is 32.2. The molecule has 7 heteroatoms. The number of guanidine groups is 1. The molecule has 3 rings (SSSR count). The highest BCUT2D eigenvalue weighted by Crippen LogP contribution is 2.21. The third-order valence-corrected chi connectivity index (χ3v) is 5.77. The molecule has 1 saturated heterocycles. The van der Waals surface area contributed by atoms with Crippen molar-refractivity contribution in [1.82, 2.24) is 15.6 Å². The molecular formula is C22H31N5OS. The van der Waals surface area contributed by atoms with Crippen LogP contribution in [-0.2, 0) is 17.8 Å². The topological polar surface area (TPSA) is 61.8 Å². The highest BCUT2D eigenvalue weighted by Gasteiger charge is 2.18. The Labute approximate surface area is 178 Å². The molecule has 0 radical (unpaired) electrons. The second-order valence-electron chi connectivity index (χ2n) is 7.24. The molecule has 29 heavy (non-hydrogen) atoms. The minimum Gasteiger partial charge on any atom is -0.375 e. The number of hydrogen-bond acceptors (Lipinski definition) is 5. The number of ether oxygens (including phenoxy) is 1. The third kappa shape index (κ3) is 6.11. The van der Waals surface area contributed by atoms with Gasteiger partial charge in [-0.05, 0) is 55.0 Å². The summed E-state index contributed by atoms with van der Waals surface area (Å²) in [5, 5.41) is 6.82. The zero-order chi connectivity index (χ0) is 20.6. The number of aromatic nitrogens is 1. The molecule has 1 aliphatic heterocycles. The van der Waals surface area contributed by atoms with Crippen LogP contribution in [0.3, 0.4) is 0 Å². The van der Waals surface area contributed by atoms with Crippen LogP contribution >= 0.6 is 11.8 Å². The van der Waals surface area contributed by atoms with Crippen LogP contribution in [0.15, 0.2) is 46.4 Å². The lowest BCUT2D eigenvalue weighted by Gasteiger charge is -2.32. The Hall–Kier alpha value is -2.25. The number of benzene rings is 1. The number of thioether (sulfide) groups is 1. The average molecular weight is 414 g/mol. The Morgan fingerprint density at radius 1 is 1.28 bits per heavy atom. The molecule has 1 aliphatic rings. The van der Waals surface area contributed by atoms with E-state index < -0.39 is 0 Å². The van der Waals surface area contributed by atoms with Crippen molar-refractivity contribution < 1.29 is 4.74 Å². The maximum absolute atomic E-state index is 5.63. The molecule has 2 aromatic rings. The lowest BCUT2D eigenvalue weighted by Crippen LogP contribution is -2.41. The third-order valence-electron chi connectivity index (χ3n) is 4.95. The van der Waals surface area contributed by atoms with Gasteiger partial charge in [0.1, 0.15) is 5.82 Å². The molecule has 1 atom stereocenters. The molecule has 0 spiro atoms. The highest BCUT2D eigenvalue weighted by molar-refractivity contribution is 7.98. The van der Waals surface area contributed by atoms with Crippen molar-refractivity contribution >= 4 is 23.5 Å². The van der Waals surface area contributed by atoms with E-state index in [1.54, 1.807) is 18.8 Å². The quantitative estimate of drug-likeness (QED) is 0.431. The van der Waals surface area contributed by atoms with Gasteiger partial charge in [0.15, 0.2) is 5.96 Å². The Morgan fingerprint density at radius 3 is 2.86 bits per heavy atom. The van der Waals surface area contributed by atoms with Gasteiger partial charge >= 0.3 is 0 Å². The first-order valence-corrected chi connectivity index (χ1v) is 11.2. The summed E-state index contributed by atoms with van der Waals surface area (Å²) < 4.78 is 5.63. The number of anilines is 1. The summed E-state index contributed by atoms with van der Waals surface area (Å²) in [4.78, 5) is 12.5. The molecule has 0 aliphatic carbocycles. The van der Waals surface area contributed by atoms with Gasteiger partial charge in [0.2, 0.25) is 0 Å². The monoisotopic (exact) mass is 413 g/mol. The van der Waals surface area contributed by atoms with Crippen LogP contribution < -0.4 is 15.5 Å². The lowest BCUT2D eigenvalue weighted by atomic mass is 10.1. The number of morpholine rings is 1. The fraction of sp³-hybridized carbons (Fsp3) is 0.455. The standard InChI is InChI=1S/C22H31N5OS/c1-16-5-6-19(20(11-16)29-4)14-26-22(23-3)25-13-18-7-8-24-21(12-18)27-9-10-28-17(2)15-27/h5-8,11-12,17H,9-10,13-15H2,1-4H3,(H2,23,25,26). The molecule has 0 amide bonds. The van der Waals surface area contributed by atoms with E-state index in [1.165, 1.54) is 21.6 Å². The van der Waals surface area contributed by atoms with Gasteiger partial charge in [-0.1, -0.05) is 12.1 Å². The largest absolute Gasteiger partial charge is 0.375 e. The summed E-state index contributed by atoms with van der Waals surface area (Å²) in [6.07, 6.45) is 4.23. The first-order valence-electron chi connectivity index (χ1n) is 9.98. The lowest BCUT2D eigenvalue weighted by molar-refractivity contribution is 0.0529. The van der Waals surface area contributed by atoms with Gasteiger partial charge < -0.3 is 20.3 Å². The maximum atomic E-state index is 5.63. The second kappa shape index (κ2) is 10.5. The van der Waals surface area contributed by atoms with E-state index in [9.17, 15) is 0 Å². The van der Waals surface area contributed by atoms with E-state index in [2.05, 4.69) is 69.9 Å². The van der Waals surface area contributed by atoms with Crippen LogP contribution in [-0.4, -0.2) is 50.0 Å². The minimum atomic E-state index is 0.239. The van der Waals surface area contributed by atoms with E-state index in [-0.39, 0.29) is 6.10 Å². The predicted octanol–water partition coefficient (Wildman–Crippen LogP) is 3.20. The van der Waals surface area contributed by atoms with Gasteiger partial charge in [-0.25, -0.2) is 4.98 Å². The number of aliphatic imine (C=N–C) groups is 1. The molecule has 1 unspecified atom stereocenters. The number of nitrogens with one attached hydrogen (secondary N) is 2. The summed E-state index contributed by atoms with van der Waals surface area (Å²) in [5.41, 5.74) is 3.74. The molecule has 0 bridgehead atoms. The summed E-state index contributed by atoms with van der Waals surface area (Å²) >= 11 is 1.77. The van der Waals surface area contributed by atoms with E-state index in [0.717, 1.165) is 38.0 Å². The first-order chi connectivity index (χ1) is 14.1. The van der Waals surface area contributed by atoms with Crippen molar-refractivity contribution in [3.8, 4) is 0 Å². The van der Waals surface area contributed by atoms with Crippen LogP contribution in [0.1, 0.15) is 23.6 Å². The van der Waals surface area contributed by atoms with Crippen molar-refractivity contribution in [2.45, 2.75) is 37.9 Å². The Kier molecular flexibility index (Phi) is 7.77. The zero-order valence-corrected chi connectivity index (χ0v) is 18.6. The smallest absolute Gasteiger partial charge is 0.191 e. The number of aryl methyl sites for hydroxylation is 1. The van der Waals surface area contributed by atoms with Crippen molar-refractivity contribution in [3.63, 3.8) is 0 Å². The Bertz CT molecular complexity index is 842. The van der Waals surface area contributed by atoms with E-state index in [0.29, 0.717) is 6.54 Å². The fourth-order valence-corrected chi connectivity index (χ4v) is 4.06. The summed E-state index contributed by atoms with van der Waals surface area (Å²) in [5.74, 6) is 1.79. The predicted molar refractivity (Wildman–Crippen MR) is 122 cm³/mol. The molecule has 6 nitrogen and oxygen atoms in total. The van der Waals surface area contributed by atoms with Crippen LogP contribution in [0.25, 0.3) is 0 Å². The zero-order valence-electron chi connectivity index (χ0n) is 17.7. The molecule has 2 N–H and O–H groups in total. The minimum absolute atomic E-state index is 0.239. The second-order valence-corrected chi connectivity index (χ2v) is 8.09. The van der Waals surface area contributed by atoms with Gasteiger partial charge in [-0.3, -0.25) is 4.99 Å². The number of hydrogen-bond donors (Lipinski definition) is 2. The van der Waals surface area contributed by atoms with Gasteiger partial charge in [0.05, 0.1) is 12.7 Å². The molecule has 2 heterocycles. The van der Waals surface area contributed by atoms with Crippen molar-refractivity contribution in [2.24, 2.45) is 4.99 Å². The van der Waals surface area contributed by atoms with Crippen LogP contribution in [0.2, 0.25) is 0 Å². The van der Waals surface area contributed by atoms with Crippen molar-refractivity contribution in [1.29, 1.82) is 0 Å². The molecule has 0 saturated carbocycles.